The van der Waals surface area contributed by atoms with Crippen LogP contribution in [0.15, 0.2) is 60.7 Å². The Hall–Kier alpha value is -3.38. The summed E-state index contributed by atoms with van der Waals surface area (Å²) in [4.78, 5) is 24.3. The molecule has 174 valence electrons. The van der Waals surface area contributed by atoms with E-state index in [-0.39, 0.29) is 17.9 Å². The molecule has 0 radical (unpaired) electrons. The van der Waals surface area contributed by atoms with Crippen molar-refractivity contribution in [2.75, 3.05) is 11.9 Å². The summed E-state index contributed by atoms with van der Waals surface area (Å²) in [6, 6.07) is 19.9. The van der Waals surface area contributed by atoms with Crippen LogP contribution in [0.3, 0.4) is 0 Å². The first-order valence-corrected chi connectivity index (χ1v) is 11.4. The van der Waals surface area contributed by atoms with E-state index >= 15 is 0 Å². The number of amides is 1. The summed E-state index contributed by atoms with van der Waals surface area (Å²) in [5, 5.41) is 8.40. The van der Waals surface area contributed by atoms with Gasteiger partial charge in [-0.15, -0.1) is 0 Å². The van der Waals surface area contributed by atoms with E-state index in [0.29, 0.717) is 25.0 Å². The van der Waals surface area contributed by atoms with Gasteiger partial charge in [0.25, 0.3) is 12.4 Å². The lowest BCUT2D eigenvalue weighted by Gasteiger charge is -2.21. The SMILES string of the molecule is CCC(N)CNc1ccc(C(=O)NC(CC(C)C)OC=O)c(-c2cccc3ccccc23)c1. The number of carbonyl (C=O) groups excluding carboxylic acids is 2. The fourth-order valence-electron chi connectivity index (χ4n) is 3.80. The fraction of sp³-hybridized carbons (Fsp3) is 0.333. The summed E-state index contributed by atoms with van der Waals surface area (Å²) in [6.45, 7) is 7.09. The Morgan fingerprint density at radius 2 is 1.82 bits per heavy atom. The highest BCUT2D eigenvalue weighted by atomic mass is 16.5. The average molecular weight is 448 g/mol. The molecule has 0 aliphatic heterocycles. The zero-order valence-corrected chi connectivity index (χ0v) is 19.5. The Labute approximate surface area is 195 Å². The minimum absolute atomic E-state index is 0.0475. The zero-order valence-electron chi connectivity index (χ0n) is 19.5. The second kappa shape index (κ2) is 11.5. The third kappa shape index (κ3) is 6.33. The maximum absolute atomic E-state index is 13.3. The highest BCUT2D eigenvalue weighted by Crippen LogP contribution is 2.33. The minimum atomic E-state index is -0.685. The Kier molecular flexibility index (Phi) is 8.44. The van der Waals surface area contributed by atoms with Crippen LogP contribution in [0.1, 0.15) is 44.0 Å². The van der Waals surface area contributed by atoms with Crippen molar-refractivity contribution in [3.05, 3.63) is 66.2 Å². The predicted molar refractivity (Wildman–Crippen MR) is 134 cm³/mol. The van der Waals surface area contributed by atoms with Gasteiger partial charge >= 0.3 is 0 Å². The lowest BCUT2D eigenvalue weighted by atomic mass is 9.93. The van der Waals surface area contributed by atoms with Gasteiger partial charge < -0.3 is 21.1 Å². The van der Waals surface area contributed by atoms with Crippen LogP contribution >= 0.6 is 0 Å². The van der Waals surface area contributed by atoms with E-state index in [1.165, 1.54) is 0 Å². The third-order valence-electron chi connectivity index (χ3n) is 5.63. The second-order valence-electron chi connectivity index (χ2n) is 8.66. The molecular weight excluding hydrogens is 414 g/mol. The maximum Gasteiger partial charge on any atom is 0.295 e. The normalized spacial score (nSPS) is 12.9. The molecule has 0 aliphatic carbocycles. The number of nitrogens with one attached hydrogen (secondary N) is 2. The summed E-state index contributed by atoms with van der Waals surface area (Å²) >= 11 is 0. The molecule has 0 fully saturated rings. The average Bonchev–Trinajstić information content (AvgIpc) is 2.81. The standard InChI is InChI=1S/C27H33N3O3/c1-4-20(28)16-29-21-12-13-24(27(32)30-26(33-17-31)14-18(2)3)25(15-21)23-11-7-9-19-8-5-6-10-22(19)23/h5-13,15,17-18,20,26,29H,4,14,16,28H2,1-3H3,(H,30,32). The van der Waals surface area contributed by atoms with Gasteiger partial charge in [0.2, 0.25) is 0 Å². The summed E-state index contributed by atoms with van der Waals surface area (Å²) in [5.41, 5.74) is 9.24. The topological polar surface area (TPSA) is 93.4 Å². The number of anilines is 1. The van der Waals surface area contributed by atoms with Crippen LogP contribution in [0.4, 0.5) is 5.69 Å². The van der Waals surface area contributed by atoms with E-state index in [4.69, 9.17) is 10.5 Å². The maximum atomic E-state index is 13.3. The summed E-state index contributed by atoms with van der Waals surface area (Å²) < 4.78 is 5.12. The van der Waals surface area contributed by atoms with Crippen LogP contribution in [-0.4, -0.2) is 31.2 Å². The van der Waals surface area contributed by atoms with Crippen LogP contribution in [0.25, 0.3) is 21.9 Å². The van der Waals surface area contributed by atoms with E-state index in [1.54, 1.807) is 6.07 Å². The molecule has 2 atom stereocenters. The third-order valence-corrected chi connectivity index (χ3v) is 5.63. The molecule has 3 rings (SSSR count). The van der Waals surface area contributed by atoms with Crippen molar-refractivity contribution in [3.63, 3.8) is 0 Å². The van der Waals surface area contributed by atoms with E-state index in [1.807, 2.05) is 50.2 Å². The molecule has 0 bridgehead atoms. The summed E-state index contributed by atoms with van der Waals surface area (Å²) in [6.07, 6.45) is 0.719. The number of benzene rings is 3. The molecular formula is C27H33N3O3. The van der Waals surface area contributed by atoms with E-state index in [0.717, 1.165) is 34.0 Å². The molecule has 0 heterocycles. The van der Waals surface area contributed by atoms with Crippen LogP contribution < -0.4 is 16.4 Å². The molecule has 0 spiro atoms. The first-order chi connectivity index (χ1) is 15.9. The molecule has 0 saturated heterocycles. The molecule has 33 heavy (non-hydrogen) atoms. The van der Waals surface area contributed by atoms with Crippen molar-refractivity contribution < 1.29 is 14.3 Å². The van der Waals surface area contributed by atoms with E-state index in [2.05, 4.69) is 35.8 Å². The quantitative estimate of drug-likeness (QED) is 0.286. The van der Waals surface area contributed by atoms with Crippen LogP contribution in [0.2, 0.25) is 0 Å². The van der Waals surface area contributed by atoms with Gasteiger partial charge in [-0.05, 0) is 52.4 Å². The summed E-state index contributed by atoms with van der Waals surface area (Å²) in [7, 11) is 0. The second-order valence-corrected chi connectivity index (χ2v) is 8.66. The number of hydrogen-bond acceptors (Lipinski definition) is 5. The molecule has 0 aliphatic rings. The number of hydrogen-bond donors (Lipinski definition) is 3. The first-order valence-electron chi connectivity index (χ1n) is 11.4. The molecule has 4 N–H and O–H groups in total. The highest BCUT2D eigenvalue weighted by Gasteiger charge is 2.20. The number of rotatable bonds is 11. The largest absolute Gasteiger partial charge is 0.444 e. The van der Waals surface area contributed by atoms with Crippen molar-refractivity contribution in [1.82, 2.24) is 5.32 Å². The zero-order chi connectivity index (χ0) is 23.8. The van der Waals surface area contributed by atoms with Crippen LogP contribution in [-0.2, 0) is 9.53 Å². The van der Waals surface area contributed by atoms with Crippen molar-refractivity contribution in [2.45, 2.75) is 45.9 Å². The lowest BCUT2D eigenvalue weighted by Crippen LogP contribution is -2.38. The molecule has 3 aromatic carbocycles. The van der Waals surface area contributed by atoms with Gasteiger partial charge in [-0.3, -0.25) is 9.59 Å². The number of fused-ring (bicyclic) bond motifs is 1. The number of carbonyl (C=O) groups is 2. The molecule has 6 heteroatoms. The van der Waals surface area contributed by atoms with Crippen molar-refractivity contribution in [3.8, 4) is 11.1 Å². The van der Waals surface area contributed by atoms with Crippen molar-refractivity contribution >= 4 is 28.8 Å². The van der Waals surface area contributed by atoms with Crippen molar-refractivity contribution in [1.29, 1.82) is 0 Å². The molecule has 0 saturated carbocycles. The van der Waals surface area contributed by atoms with Crippen LogP contribution in [0.5, 0.6) is 0 Å². The highest BCUT2D eigenvalue weighted by molar-refractivity contribution is 6.06. The Morgan fingerprint density at radius 1 is 1.06 bits per heavy atom. The van der Waals surface area contributed by atoms with Gasteiger partial charge in [0.05, 0.1) is 0 Å². The number of ether oxygens (including phenoxy) is 1. The molecule has 0 aromatic heterocycles. The Bertz CT molecular complexity index is 1090. The monoisotopic (exact) mass is 447 g/mol. The Balaban J connectivity index is 2.03. The van der Waals surface area contributed by atoms with Crippen molar-refractivity contribution in [2.24, 2.45) is 11.7 Å². The lowest BCUT2D eigenvalue weighted by molar-refractivity contribution is -0.135. The first kappa shape index (κ1) is 24.3. The molecule has 6 nitrogen and oxygen atoms in total. The van der Waals surface area contributed by atoms with Crippen LogP contribution in [0, 0.1) is 5.92 Å². The summed E-state index contributed by atoms with van der Waals surface area (Å²) in [5.74, 6) is -0.0376. The van der Waals surface area contributed by atoms with E-state index < -0.39 is 6.23 Å². The molecule has 3 aromatic rings. The van der Waals surface area contributed by atoms with Gasteiger partial charge in [0.1, 0.15) is 0 Å². The fourth-order valence-corrected chi connectivity index (χ4v) is 3.80. The van der Waals surface area contributed by atoms with Gasteiger partial charge in [-0.1, -0.05) is 63.2 Å². The molecule has 1 amide bonds. The number of nitrogens with two attached hydrogens (primary N) is 1. The predicted octanol–water partition coefficient (Wildman–Crippen LogP) is 4.93. The van der Waals surface area contributed by atoms with Gasteiger partial charge in [0.15, 0.2) is 6.23 Å². The minimum Gasteiger partial charge on any atom is -0.444 e. The van der Waals surface area contributed by atoms with Gasteiger partial charge in [-0.25, -0.2) is 0 Å². The smallest absolute Gasteiger partial charge is 0.295 e. The van der Waals surface area contributed by atoms with E-state index in [9.17, 15) is 9.59 Å². The van der Waals surface area contributed by atoms with Gasteiger partial charge in [-0.2, -0.15) is 0 Å². The molecule has 2 unspecified atom stereocenters. The Morgan fingerprint density at radius 3 is 2.55 bits per heavy atom. The van der Waals surface area contributed by atoms with Gasteiger partial charge in [0, 0.05) is 30.3 Å².